The lowest BCUT2D eigenvalue weighted by Gasteiger charge is -2.12. The summed E-state index contributed by atoms with van der Waals surface area (Å²) in [6.45, 7) is 2.58. The third-order valence-corrected chi connectivity index (χ3v) is 4.92. The second-order valence-corrected chi connectivity index (χ2v) is 6.71. The van der Waals surface area contributed by atoms with E-state index < -0.39 is 5.97 Å². The summed E-state index contributed by atoms with van der Waals surface area (Å²) in [4.78, 5) is 14.6. The number of ether oxygens (including phenoxy) is 1. The molecule has 1 aromatic heterocycles. The van der Waals surface area contributed by atoms with Crippen molar-refractivity contribution < 1.29 is 14.6 Å². The molecule has 1 heterocycles. The molecule has 4 aromatic rings. The number of carboxylic acid groups (broad SMARTS) is 1. The van der Waals surface area contributed by atoms with Gasteiger partial charge in [-0.1, -0.05) is 54.6 Å². The molecular formula is C23H21NO3. The van der Waals surface area contributed by atoms with Crippen molar-refractivity contribution in [2.24, 2.45) is 0 Å². The van der Waals surface area contributed by atoms with Crippen molar-refractivity contribution in [3.8, 4) is 5.75 Å². The predicted molar refractivity (Wildman–Crippen MR) is 108 cm³/mol. The number of aromatic amines is 1. The highest BCUT2D eigenvalue weighted by atomic mass is 16.5. The zero-order valence-corrected chi connectivity index (χ0v) is 15.2. The van der Waals surface area contributed by atoms with Crippen LogP contribution in [0.25, 0.3) is 21.7 Å². The van der Waals surface area contributed by atoms with Crippen LogP contribution in [0.3, 0.4) is 0 Å². The van der Waals surface area contributed by atoms with Crippen LogP contribution in [0.15, 0.2) is 60.7 Å². The van der Waals surface area contributed by atoms with Crippen LogP contribution in [0, 0.1) is 6.92 Å². The summed E-state index contributed by atoms with van der Waals surface area (Å²) in [5, 5.41) is 12.7. The normalized spacial score (nSPS) is 11.1. The van der Waals surface area contributed by atoms with Gasteiger partial charge in [0, 0.05) is 16.3 Å². The molecule has 0 radical (unpaired) electrons. The van der Waals surface area contributed by atoms with Crippen LogP contribution in [0.1, 0.15) is 28.0 Å². The number of nitrogens with one attached hydrogen (secondary N) is 1. The third kappa shape index (κ3) is 3.26. The summed E-state index contributed by atoms with van der Waals surface area (Å²) in [7, 11) is 0. The van der Waals surface area contributed by atoms with Crippen LogP contribution in [0.2, 0.25) is 0 Å². The van der Waals surface area contributed by atoms with E-state index in [9.17, 15) is 9.90 Å². The van der Waals surface area contributed by atoms with Crippen molar-refractivity contribution in [3.63, 3.8) is 0 Å². The summed E-state index contributed by atoms with van der Waals surface area (Å²) in [6.07, 6.45) is 1.39. The molecule has 3 aromatic carbocycles. The molecule has 0 saturated heterocycles. The molecule has 4 rings (SSSR count). The molecule has 0 bridgehead atoms. The van der Waals surface area contributed by atoms with Gasteiger partial charge in [0.05, 0.1) is 6.61 Å². The van der Waals surface area contributed by atoms with Crippen molar-refractivity contribution in [2.45, 2.75) is 19.8 Å². The summed E-state index contributed by atoms with van der Waals surface area (Å²) in [5.41, 5.74) is 3.08. The fraction of sp³-hybridized carbons (Fsp3) is 0.174. The zero-order chi connectivity index (χ0) is 18.8. The number of aryl methyl sites for hydroxylation is 2. The Labute approximate surface area is 157 Å². The molecule has 0 amide bonds. The Morgan fingerprint density at radius 1 is 1.00 bits per heavy atom. The first kappa shape index (κ1) is 17.2. The van der Waals surface area contributed by atoms with E-state index in [1.165, 1.54) is 0 Å². The van der Waals surface area contributed by atoms with Gasteiger partial charge in [-0.15, -0.1) is 0 Å². The van der Waals surface area contributed by atoms with Crippen LogP contribution in [-0.2, 0) is 6.42 Å². The van der Waals surface area contributed by atoms with Gasteiger partial charge >= 0.3 is 5.97 Å². The number of hydrogen-bond donors (Lipinski definition) is 2. The topological polar surface area (TPSA) is 62.3 Å². The molecule has 0 saturated carbocycles. The molecule has 27 heavy (non-hydrogen) atoms. The number of rotatable bonds is 6. The van der Waals surface area contributed by atoms with Crippen LogP contribution in [-0.4, -0.2) is 22.7 Å². The fourth-order valence-electron chi connectivity index (χ4n) is 3.61. The molecule has 0 aliphatic heterocycles. The fourth-order valence-corrected chi connectivity index (χ4v) is 3.61. The average molecular weight is 359 g/mol. The van der Waals surface area contributed by atoms with E-state index in [0.29, 0.717) is 13.0 Å². The Hall–Kier alpha value is -3.27. The van der Waals surface area contributed by atoms with Crippen molar-refractivity contribution in [1.29, 1.82) is 0 Å². The number of carbonyl (C=O) groups is 1. The van der Waals surface area contributed by atoms with Gasteiger partial charge in [-0.2, -0.15) is 0 Å². The van der Waals surface area contributed by atoms with Gasteiger partial charge in [0.25, 0.3) is 0 Å². The first-order valence-electron chi connectivity index (χ1n) is 9.09. The largest absolute Gasteiger partial charge is 0.493 e. The summed E-state index contributed by atoms with van der Waals surface area (Å²) < 4.78 is 6.10. The lowest BCUT2D eigenvalue weighted by atomic mass is 10.1. The minimum absolute atomic E-state index is 0.276. The maximum Gasteiger partial charge on any atom is 0.352 e. The summed E-state index contributed by atoms with van der Waals surface area (Å²) in [6, 6.07) is 20.0. The van der Waals surface area contributed by atoms with E-state index in [1.54, 1.807) is 0 Å². The van der Waals surface area contributed by atoms with Gasteiger partial charge in [-0.3, -0.25) is 0 Å². The third-order valence-electron chi connectivity index (χ3n) is 4.92. The Balaban J connectivity index is 1.52. The summed E-state index contributed by atoms with van der Waals surface area (Å²) >= 11 is 0. The quantitative estimate of drug-likeness (QED) is 0.457. The van der Waals surface area contributed by atoms with Gasteiger partial charge in [0.15, 0.2) is 0 Å². The van der Waals surface area contributed by atoms with E-state index >= 15 is 0 Å². The Morgan fingerprint density at radius 2 is 1.74 bits per heavy atom. The van der Waals surface area contributed by atoms with E-state index in [1.807, 2.05) is 43.3 Å². The Kier molecular flexibility index (Phi) is 4.55. The highest BCUT2D eigenvalue weighted by molar-refractivity contribution is 5.97. The van der Waals surface area contributed by atoms with Gasteiger partial charge in [0.2, 0.25) is 0 Å². The number of para-hydroxylation sites is 1. The molecule has 4 nitrogen and oxygen atoms in total. The minimum Gasteiger partial charge on any atom is -0.493 e. The van der Waals surface area contributed by atoms with Gasteiger partial charge in [-0.25, -0.2) is 4.79 Å². The minimum atomic E-state index is -0.924. The van der Waals surface area contributed by atoms with Crippen LogP contribution in [0.4, 0.5) is 0 Å². The van der Waals surface area contributed by atoms with Crippen LogP contribution >= 0.6 is 0 Å². The number of fused-ring (bicyclic) bond motifs is 2. The highest BCUT2D eigenvalue weighted by Crippen LogP contribution is 2.30. The second-order valence-electron chi connectivity index (χ2n) is 6.71. The monoisotopic (exact) mass is 359 g/mol. The lowest BCUT2D eigenvalue weighted by molar-refractivity contribution is 0.0690. The van der Waals surface area contributed by atoms with Crippen molar-refractivity contribution in [3.05, 3.63) is 77.5 Å². The van der Waals surface area contributed by atoms with E-state index in [4.69, 9.17) is 4.74 Å². The zero-order valence-electron chi connectivity index (χ0n) is 15.2. The number of aromatic carboxylic acids is 1. The van der Waals surface area contributed by atoms with Gasteiger partial charge in [0.1, 0.15) is 11.4 Å². The van der Waals surface area contributed by atoms with E-state index in [0.717, 1.165) is 45.0 Å². The Morgan fingerprint density at radius 3 is 2.56 bits per heavy atom. The Bertz CT molecular complexity index is 1130. The van der Waals surface area contributed by atoms with Crippen LogP contribution in [0.5, 0.6) is 5.75 Å². The molecule has 0 aliphatic rings. The van der Waals surface area contributed by atoms with Crippen molar-refractivity contribution >= 4 is 27.6 Å². The smallest absolute Gasteiger partial charge is 0.352 e. The van der Waals surface area contributed by atoms with Gasteiger partial charge < -0.3 is 14.8 Å². The number of carboxylic acids is 1. The van der Waals surface area contributed by atoms with Crippen molar-refractivity contribution in [1.82, 2.24) is 4.98 Å². The summed E-state index contributed by atoms with van der Waals surface area (Å²) in [5.74, 6) is -0.0162. The predicted octanol–water partition coefficient (Wildman–Crippen LogP) is 5.34. The first-order valence-corrected chi connectivity index (χ1v) is 9.09. The molecule has 4 heteroatoms. The molecule has 0 unspecified atom stereocenters. The standard InChI is InChI=1S/C23H21NO3/c1-15-12-13-16-7-2-3-8-17(16)22(15)27-14-6-10-19-18-9-4-5-11-20(18)24-21(19)23(25)26/h2-5,7-9,11-13,24H,6,10,14H2,1H3,(H,25,26). The molecular weight excluding hydrogens is 338 g/mol. The number of aromatic nitrogens is 1. The van der Waals surface area contributed by atoms with Crippen LogP contribution < -0.4 is 4.74 Å². The maximum absolute atomic E-state index is 11.6. The average Bonchev–Trinajstić information content (AvgIpc) is 3.05. The number of benzene rings is 3. The molecule has 0 fully saturated rings. The molecule has 0 atom stereocenters. The second kappa shape index (κ2) is 7.16. The molecule has 2 N–H and O–H groups in total. The SMILES string of the molecule is Cc1ccc2ccccc2c1OCCCc1c(C(=O)O)[nH]c2ccccc12. The molecule has 0 aliphatic carbocycles. The van der Waals surface area contributed by atoms with Crippen molar-refractivity contribution in [2.75, 3.05) is 6.61 Å². The lowest BCUT2D eigenvalue weighted by Crippen LogP contribution is -2.05. The highest BCUT2D eigenvalue weighted by Gasteiger charge is 2.16. The van der Waals surface area contributed by atoms with E-state index in [-0.39, 0.29) is 5.69 Å². The van der Waals surface area contributed by atoms with E-state index in [2.05, 4.69) is 29.2 Å². The molecule has 0 spiro atoms. The number of H-pyrrole nitrogens is 1. The van der Waals surface area contributed by atoms with Gasteiger partial charge in [-0.05, 0) is 42.3 Å². The first-order chi connectivity index (χ1) is 13.1. The number of hydrogen-bond acceptors (Lipinski definition) is 2. The maximum atomic E-state index is 11.6. The molecule has 136 valence electrons.